The second kappa shape index (κ2) is 5.64. The van der Waals surface area contributed by atoms with E-state index in [0.717, 1.165) is 30.1 Å². The number of rotatable bonds is 5. The van der Waals surface area contributed by atoms with E-state index in [1.54, 1.807) is 7.11 Å². The van der Waals surface area contributed by atoms with Crippen LogP contribution in [0.25, 0.3) is 0 Å². The summed E-state index contributed by atoms with van der Waals surface area (Å²) < 4.78 is 10.9. The first kappa shape index (κ1) is 11.9. The molecule has 0 N–H and O–H groups in total. The van der Waals surface area contributed by atoms with Gasteiger partial charge in [0.15, 0.2) is 0 Å². The Labute approximate surface area is 92.2 Å². The van der Waals surface area contributed by atoms with Gasteiger partial charge in [-0.3, -0.25) is 0 Å². The molecule has 1 aromatic carbocycles. The third-order valence-corrected chi connectivity index (χ3v) is 2.19. The van der Waals surface area contributed by atoms with Crippen LogP contribution in [-0.4, -0.2) is 13.7 Å². The van der Waals surface area contributed by atoms with Gasteiger partial charge in [-0.15, -0.1) is 0 Å². The van der Waals surface area contributed by atoms with E-state index in [1.165, 1.54) is 5.92 Å². The summed E-state index contributed by atoms with van der Waals surface area (Å²) in [5, 5.41) is 0. The average Bonchev–Trinajstić information content (AvgIpc) is 2.26. The van der Waals surface area contributed by atoms with Crippen LogP contribution >= 0.6 is 0 Å². The first-order valence-electron chi connectivity index (χ1n) is 5.30. The Hall–Kier alpha value is -1.18. The van der Waals surface area contributed by atoms with Gasteiger partial charge < -0.3 is 9.47 Å². The van der Waals surface area contributed by atoms with Gasteiger partial charge in [-0.25, -0.2) is 0 Å². The molecule has 83 valence electrons. The molecular formula is C13H19O2. The van der Waals surface area contributed by atoms with Gasteiger partial charge in [-0.1, -0.05) is 20.8 Å². The van der Waals surface area contributed by atoms with Gasteiger partial charge in [0.05, 0.1) is 13.7 Å². The highest BCUT2D eigenvalue weighted by Gasteiger charge is 2.09. The van der Waals surface area contributed by atoms with Crippen molar-refractivity contribution < 1.29 is 9.47 Å². The quantitative estimate of drug-likeness (QED) is 0.736. The standard InChI is InChI=1S/C13H19O2/c1-5-8-15-13-7-6-11(14-4)9-12(13)10(2)3/h6-7,9H,5,8H2,1-4H3. The molecule has 2 nitrogen and oxygen atoms in total. The highest BCUT2D eigenvalue weighted by molar-refractivity contribution is 5.46. The van der Waals surface area contributed by atoms with Crippen LogP contribution < -0.4 is 9.47 Å². The van der Waals surface area contributed by atoms with E-state index in [2.05, 4.69) is 20.8 Å². The maximum absolute atomic E-state index is 5.67. The highest BCUT2D eigenvalue weighted by Crippen LogP contribution is 2.29. The van der Waals surface area contributed by atoms with Gasteiger partial charge >= 0.3 is 0 Å². The number of ether oxygens (including phenoxy) is 2. The molecule has 2 heteroatoms. The zero-order valence-corrected chi connectivity index (χ0v) is 9.96. The molecule has 0 bridgehead atoms. The molecule has 0 aromatic heterocycles. The summed E-state index contributed by atoms with van der Waals surface area (Å²) in [7, 11) is 1.68. The largest absolute Gasteiger partial charge is 0.497 e. The Bertz CT molecular complexity index is 305. The molecule has 1 radical (unpaired) electrons. The molecule has 0 unspecified atom stereocenters. The van der Waals surface area contributed by atoms with Gasteiger partial charge in [0.1, 0.15) is 11.5 Å². The fourth-order valence-corrected chi connectivity index (χ4v) is 1.36. The summed E-state index contributed by atoms with van der Waals surface area (Å²) in [6.45, 7) is 7.01. The maximum atomic E-state index is 5.67. The highest BCUT2D eigenvalue weighted by atomic mass is 16.5. The molecule has 0 aliphatic rings. The Balaban J connectivity index is 2.93. The minimum atomic E-state index is 0.757. The van der Waals surface area contributed by atoms with Crippen molar-refractivity contribution in [2.75, 3.05) is 13.7 Å². The molecule has 1 aromatic rings. The minimum Gasteiger partial charge on any atom is -0.497 e. The lowest BCUT2D eigenvalue weighted by Crippen LogP contribution is -2.01. The summed E-state index contributed by atoms with van der Waals surface area (Å²) in [5.41, 5.74) is 1.13. The van der Waals surface area contributed by atoms with Gasteiger partial charge in [0.25, 0.3) is 0 Å². The van der Waals surface area contributed by atoms with Gasteiger partial charge in [-0.05, 0) is 24.6 Å². The second-order valence-corrected chi connectivity index (χ2v) is 3.71. The van der Waals surface area contributed by atoms with Crippen molar-refractivity contribution in [3.8, 4) is 11.5 Å². The predicted octanol–water partition coefficient (Wildman–Crippen LogP) is 3.45. The van der Waals surface area contributed by atoms with Crippen LogP contribution in [0.2, 0.25) is 0 Å². The molecule has 0 heterocycles. The topological polar surface area (TPSA) is 18.5 Å². The van der Waals surface area contributed by atoms with Crippen molar-refractivity contribution in [2.45, 2.75) is 27.2 Å². The summed E-state index contributed by atoms with van der Waals surface area (Å²) in [5.74, 6) is 3.05. The van der Waals surface area contributed by atoms with Gasteiger partial charge in [0, 0.05) is 11.5 Å². The van der Waals surface area contributed by atoms with E-state index in [4.69, 9.17) is 9.47 Å². The van der Waals surface area contributed by atoms with Crippen LogP contribution in [-0.2, 0) is 0 Å². The predicted molar refractivity (Wildman–Crippen MR) is 62.5 cm³/mol. The normalized spacial score (nSPS) is 10.5. The van der Waals surface area contributed by atoms with Crippen LogP contribution in [0.3, 0.4) is 0 Å². The zero-order chi connectivity index (χ0) is 11.3. The Morgan fingerprint density at radius 1 is 1.27 bits per heavy atom. The van der Waals surface area contributed by atoms with E-state index >= 15 is 0 Å². The first-order chi connectivity index (χ1) is 7.19. The number of hydrogen-bond donors (Lipinski definition) is 0. The molecule has 0 aliphatic carbocycles. The van der Waals surface area contributed by atoms with E-state index in [0.29, 0.717) is 0 Å². The van der Waals surface area contributed by atoms with Crippen LogP contribution in [0.1, 0.15) is 32.8 Å². The minimum absolute atomic E-state index is 0.757. The van der Waals surface area contributed by atoms with Crippen molar-refractivity contribution in [1.29, 1.82) is 0 Å². The maximum Gasteiger partial charge on any atom is 0.123 e. The van der Waals surface area contributed by atoms with E-state index in [1.807, 2.05) is 18.2 Å². The molecule has 0 saturated carbocycles. The van der Waals surface area contributed by atoms with E-state index < -0.39 is 0 Å². The van der Waals surface area contributed by atoms with E-state index in [-0.39, 0.29) is 0 Å². The lowest BCUT2D eigenvalue weighted by molar-refractivity contribution is 0.314. The molecule has 0 amide bonds. The number of hydrogen-bond acceptors (Lipinski definition) is 2. The summed E-state index contributed by atoms with van der Waals surface area (Å²) in [6, 6.07) is 5.91. The van der Waals surface area contributed by atoms with Crippen molar-refractivity contribution >= 4 is 0 Å². The van der Waals surface area contributed by atoms with Crippen molar-refractivity contribution in [3.63, 3.8) is 0 Å². The molecule has 0 spiro atoms. The third kappa shape index (κ3) is 3.15. The Morgan fingerprint density at radius 2 is 2.00 bits per heavy atom. The first-order valence-corrected chi connectivity index (χ1v) is 5.30. The molecule has 15 heavy (non-hydrogen) atoms. The van der Waals surface area contributed by atoms with E-state index in [9.17, 15) is 0 Å². The Morgan fingerprint density at radius 3 is 2.53 bits per heavy atom. The molecule has 0 saturated heterocycles. The van der Waals surface area contributed by atoms with Crippen LogP contribution in [0.15, 0.2) is 18.2 Å². The molecular weight excluding hydrogens is 188 g/mol. The monoisotopic (exact) mass is 207 g/mol. The number of benzene rings is 1. The van der Waals surface area contributed by atoms with Crippen molar-refractivity contribution in [1.82, 2.24) is 0 Å². The molecule has 0 atom stereocenters. The SMILES string of the molecule is CCCOc1ccc(OC)cc1[C](C)C. The summed E-state index contributed by atoms with van der Waals surface area (Å²) in [4.78, 5) is 0. The fourth-order valence-electron chi connectivity index (χ4n) is 1.36. The second-order valence-electron chi connectivity index (χ2n) is 3.71. The third-order valence-electron chi connectivity index (χ3n) is 2.19. The van der Waals surface area contributed by atoms with Gasteiger partial charge in [0.2, 0.25) is 0 Å². The molecule has 0 aliphatic heterocycles. The molecule has 0 fully saturated rings. The smallest absolute Gasteiger partial charge is 0.123 e. The lowest BCUT2D eigenvalue weighted by atomic mass is 10.0. The lowest BCUT2D eigenvalue weighted by Gasteiger charge is -2.14. The number of methoxy groups -OCH3 is 1. The summed E-state index contributed by atoms with van der Waals surface area (Å²) in [6.07, 6.45) is 1.02. The van der Waals surface area contributed by atoms with Crippen LogP contribution in [0.4, 0.5) is 0 Å². The van der Waals surface area contributed by atoms with Crippen molar-refractivity contribution in [3.05, 3.63) is 29.7 Å². The average molecular weight is 207 g/mol. The van der Waals surface area contributed by atoms with Crippen LogP contribution in [0.5, 0.6) is 11.5 Å². The van der Waals surface area contributed by atoms with Crippen LogP contribution in [0, 0.1) is 5.92 Å². The molecule has 1 rings (SSSR count). The zero-order valence-electron chi connectivity index (χ0n) is 9.96. The Kier molecular flexibility index (Phi) is 4.47. The van der Waals surface area contributed by atoms with Crippen molar-refractivity contribution in [2.24, 2.45) is 0 Å². The van der Waals surface area contributed by atoms with Gasteiger partial charge in [-0.2, -0.15) is 0 Å². The summed E-state index contributed by atoms with van der Waals surface area (Å²) >= 11 is 0. The fraction of sp³-hybridized carbons (Fsp3) is 0.462.